The average molecular weight is 216 g/mol. The molecule has 1 aromatic carbocycles. The lowest BCUT2D eigenvalue weighted by molar-refractivity contribution is -0.115. The normalized spacial score (nSPS) is 20.3. The van der Waals surface area contributed by atoms with E-state index in [9.17, 15) is 4.79 Å². The van der Waals surface area contributed by atoms with Crippen molar-refractivity contribution in [1.82, 2.24) is 0 Å². The molecule has 0 aliphatic heterocycles. The molecule has 1 aliphatic carbocycles. The number of hydrogen-bond donors (Lipinski definition) is 0. The second-order valence-corrected chi connectivity index (χ2v) is 5.59. The van der Waals surface area contributed by atoms with Gasteiger partial charge in [0.15, 0.2) is 0 Å². The van der Waals surface area contributed by atoms with Crippen molar-refractivity contribution in [3.8, 4) is 0 Å². The molecule has 0 spiro atoms. The maximum absolute atomic E-state index is 11.2. The third-order valence-electron chi connectivity index (χ3n) is 3.81. The standard InChI is InChI=1S/C15H20O/c1-11-7-8-13-12(9-11)5-4-6-14(13)15(2,3)10-16/h7-10,14H,4-6H2,1-3H3. The first-order valence-electron chi connectivity index (χ1n) is 6.10. The maximum atomic E-state index is 11.2. The predicted molar refractivity (Wildman–Crippen MR) is 66.7 cm³/mol. The fourth-order valence-electron chi connectivity index (χ4n) is 2.80. The zero-order chi connectivity index (χ0) is 11.8. The van der Waals surface area contributed by atoms with Crippen LogP contribution in [0.4, 0.5) is 0 Å². The van der Waals surface area contributed by atoms with Crippen LogP contribution in [0.25, 0.3) is 0 Å². The highest BCUT2D eigenvalue weighted by molar-refractivity contribution is 5.61. The summed E-state index contributed by atoms with van der Waals surface area (Å²) in [5.74, 6) is 0.398. The molecule has 0 saturated heterocycles. The van der Waals surface area contributed by atoms with Crippen molar-refractivity contribution in [2.24, 2.45) is 5.41 Å². The Morgan fingerprint density at radius 2 is 2.12 bits per heavy atom. The molecule has 1 heteroatoms. The van der Waals surface area contributed by atoms with E-state index < -0.39 is 0 Å². The minimum atomic E-state index is -0.232. The molecule has 1 atom stereocenters. The van der Waals surface area contributed by atoms with Crippen molar-refractivity contribution < 1.29 is 4.79 Å². The summed E-state index contributed by atoms with van der Waals surface area (Å²) >= 11 is 0. The van der Waals surface area contributed by atoms with Gasteiger partial charge in [0.05, 0.1) is 0 Å². The van der Waals surface area contributed by atoms with Crippen molar-refractivity contribution in [1.29, 1.82) is 0 Å². The molecule has 1 aromatic rings. The summed E-state index contributed by atoms with van der Waals surface area (Å²) in [7, 11) is 0. The first-order valence-corrected chi connectivity index (χ1v) is 6.10. The first kappa shape index (κ1) is 11.4. The van der Waals surface area contributed by atoms with Gasteiger partial charge in [-0.15, -0.1) is 0 Å². The minimum absolute atomic E-state index is 0.232. The molecule has 86 valence electrons. The van der Waals surface area contributed by atoms with Crippen LogP contribution < -0.4 is 0 Å². The van der Waals surface area contributed by atoms with E-state index in [0.717, 1.165) is 12.7 Å². The Kier molecular flexibility index (Phi) is 2.88. The van der Waals surface area contributed by atoms with Crippen molar-refractivity contribution in [3.05, 3.63) is 34.9 Å². The minimum Gasteiger partial charge on any atom is -0.303 e. The van der Waals surface area contributed by atoms with Gasteiger partial charge in [0.1, 0.15) is 6.29 Å². The van der Waals surface area contributed by atoms with Crippen LogP contribution in [-0.2, 0) is 11.2 Å². The molecule has 1 nitrogen and oxygen atoms in total. The monoisotopic (exact) mass is 216 g/mol. The fraction of sp³-hybridized carbons (Fsp3) is 0.533. The molecule has 0 N–H and O–H groups in total. The second-order valence-electron chi connectivity index (χ2n) is 5.59. The van der Waals surface area contributed by atoms with E-state index in [1.54, 1.807) is 0 Å². The molecule has 0 radical (unpaired) electrons. The van der Waals surface area contributed by atoms with Gasteiger partial charge >= 0.3 is 0 Å². The van der Waals surface area contributed by atoms with E-state index >= 15 is 0 Å². The number of fused-ring (bicyclic) bond motifs is 1. The molecule has 1 aliphatic rings. The van der Waals surface area contributed by atoms with Gasteiger partial charge in [-0.05, 0) is 43.2 Å². The second kappa shape index (κ2) is 4.04. The largest absolute Gasteiger partial charge is 0.303 e. The Balaban J connectivity index is 2.44. The topological polar surface area (TPSA) is 17.1 Å². The van der Waals surface area contributed by atoms with Crippen LogP contribution in [0, 0.1) is 12.3 Å². The van der Waals surface area contributed by atoms with Crippen LogP contribution in [0.2, 0.25) is 0 Å². The maximum Gasteiger partial charge on any atom is 0.126 e. The van der Waals surface area contributed by atoms with Crippen LogP contribution in [0.1, 0.15) is 49.3 Å². The van der Waals surface area contributed by atoms with Crippen LogP contribution >= 0.6 is 0 Å². The van der Waals surface area contributed by atoms with Crippen molar-refractivity contribution in [2.75, 3.05) is 0 Å². The highest BCUT2D eigenvalue weighted by Crippen LogP contribution is 2.42. The van der Waals surface area contributed by atoms with Crippen LogP contribution in [-0.4, -0.2) is 6.29 Å². The van der Waals surface area contributed by atoms with Gasteiger partial charge in [0.2, 0.25) is 0 Å². The van der Waals surface area contributed by atoms with Gasteiger partial charge in [-0.2, -0.15) is 0 Å². The highest BCUT2D eigenvalue weighted by atomic mass is 16.1. The molecule has 0 amide bonds. The number of rotatable bonds is 2. The summed E-state index contributed by atoms with van der Waals surface area (Å²) in [4.78, 5) is 11.2. The quantitative estimate of drug-likeness (QED) is 0.690. The Morgan fingerprint density at radius 1 is 1.38 bits per heavy atom. The molecular weight excluding hydrogens is 196 g/mol. The summed E-state index contributed by atoms with van der Waals surface area (Å²) in [6, 6.07) is 6.67. The zero-order valence-corrected chi connectivity index (χ0v) is 10.4. The van der Waals surface area contributed by atoms with E-state index in [-0.39, 0.29) is 5.41 Å². The fourth-order valence-corrected chi connectivity index (χ4v) is 2.80. The number of benzene rings is 1. The Bertz CT molecular complexity index is 404. The lowest BCUT2D eigenvalue weighted by Gasteiger charge is -2.34. The molecule has 0 heterocycles. The summed E-state index contributed by atoms with van der Waals surface area (Å²) in [6.45, 7) is 6.24. The van der Waals surface area contributed by atoms with E-state index in [1.165, 1.54) is 29.5 Å². The third kappa shape index (κ3) is 1.91. The van der Waals surface area contributed by atoms with E-state index in [1.807, 2.05) is 0 Å². The molecule has 0 aromatic heterocycles. The van der Waals surface area contributed by atoms with Gasteiger partial charge in [-0.25, -0.2) is 0 Å². The van der Waals surface area contributed by atoms with Crippen molar-refractivity contribution in [3.63, 3.8) is 0 Å². The lowest BCUT2D eigenvalue weighted by atomic mass is 9.69. The molecule has 0 fully saturated rings. The molecular formula is C15H20O. The molecule has 0 saturated carbocycles. The van der Waals surface area contributed by atoms with Gasteiger partial charge in [0, 0.05) is 5.41 Å². The third-order valence-corrected chi connectivity index (χ3v) is 3.81. The number of hydrogen-bond acceptors (Lipinski definition) is 1. The van der Waals surface area contributed by atoms with Crippen molar-refractivity contribution in [2.45, 2.75) is 46.0 Å². The highest BCUT2D eigenvalue weighted by Gasteiger charge is 2.33. The van der Waals surface area contributed by atoms with Crippen LogP contribution in [0.5, 0.6) is 0 Å². The van der Waals surface area contributed by atoms with E-state index in [4.69, 9.17) is 0 Å². The first-order chi connectivity index (χ1) is 7.54. The average Bonchev–Trinajstić information content (AvgIpc) is 2.27. The van der Waals surface area contributed by atoms with Crippen LogP contribution in [0.15, 0.2) is 18.2 Å². The van der Waals surface area contributed by atoms with Gasteiger partial charge in [-0.3, -0.25) is 0 Å². The summed E-state index contributed by atoms with van der Waals surface area (Å²) in [5.41, 5.74) is 3.94. The summed E-state index contributed by atoms with van der Waals surface area (Å²) in [5, 5.41) is 0. The molecule has 1 unspecified atom stereocenters. The Morgan fingerprint density at radius 3 is 2.81 bits per heavy atom. The van der Waals surface area contributed by atoms with E-state index in [0.29, 0.717) is 5.92 Å². The number of aldehydes is 1. The Hall–Kier alpha value is -1.11. The van der Waals surface area contributed by atoms with E-state index in [2.05, 4.69) is 39.0 Å². The lowest BCUT2D eigenvalue weighted by Crippen LogP contribution is -2.27. The number of aryl methyl sites for hydroxylation is 2. The van der Waals surface area contributed by atoms with Crippen molar-refractivity contribution >= 4 is 6.29 Å². The molecule has 0 bridgehead atoms. The van der Waals surface area contributed by atoms with Gasteiger partial charge in [0.25, 0.3) is 0 Å². The molecule has 16 heavy (non-hydrogen) atoms. The summed E-state index contributed by atoms with van der Waals surface area (Å²) in [6.07, 6.45) is 4.63. The summed E-state index contributed by atoms with van der Waals surface area (Å²) < 4.78 is 0. The smallest absolute Gasteiger partial charge is 0.126 e. The number of carbonyl (C=O) groups excluding carboxylic acids is 1. The predicted octanol–water partition coefficient (Wildman–Crippen LogP) is 3.64. The van der Waals surface area contributed by atoms with Gasteiger partial charge < -0.3 is 4.79 Å². The van der Waals surface area contributed by atoms with Crippen LogP contribution in [0.3, 0.4) is 0 Å². The molecule has 2 rings (SSSR count). The van der Waals surface area contributed by atoms with Gasteiger partial charge in [-0.1, -0.05) is 37.6 Å². The SMILES string of the molecule is Cc1ccc2c(c1)CCCC2C(C)(C)C=O. The zero-order valence-electron chi connectivity index (χ0n) is 10.4. The number of carbonyl (C=O) groups is 1. The Labute approximate surface area is 97.9 Å².